The van der Waals surface area contributed by atoms with Crippen LogP contribution < -0.4 is 10.1 Å². The molecule has 0 spiro atoms. The number of nitrogens with one attached hydrogen (secondary N) is 2. The van der Waals surface area contributed by atoms with E-state index in [9.17, 15) is 19.5 Å². The third-order valence-corrected chi connectivity index (χ3v) is 10.7. The van der Waals surface area contributed by atoms with E-state index in [-0.39, 0.29) is 31.5 Å². The van der Waals surface area contributed by atoms with Crippen molar-refractivity contribution in [3.05, 3.63) is 63.9 Å². The molecule has 8 rings (SSSR count). The van der Waals surface area contributed by atoms with Gasteiger partial charge < -0.3 is 29.9 Å². The van der Waals surface area contributed by atoms with Crippen molar-refractivity contribution in [1.82, 2.24) is 20.3 Å². The summed E-state index contributed by atoms with van der Waals surface area (Å²) in [5.41, 5.74) is 0.264. The van der Waals surface area contributed by atoms with Crippen LogP contribution in [0.5, 0.6) is 5.75 Å². The van der Waals surface area contributed by atoms with Crippen LogP contribution in [-0.2, 0) is 20.8 Å². The highest BCUT2D eigenvalue weighted by atomic mass is 127. The van der Waals surface area contributed by atoms with Gasteiger partial charge >= 0.3 is 12.1 Å². The highest BCUT2D eigenvalue weighted by Crippen LogP contribution is 2.49. The molecule has 3 aromatic rings. The minimum atomic E-state index is -1.49. The molecule has 10 nitrogen and oxygen atoms in total. The number of hydroxylamine groups is 2. The van der Waals surface area contributed by atoms with Crippen LogP contribution in [0.2, 0.25) is 0 Å². The van der Waals surface area contributed by atoms with Crippen LogP contribution in [0.15, 0.2) is 54.7 Å². The number of carbonyl (C=O) groups excluding carboxylic acids is 2. The van der Waals surface area contributed by atoms with Crippen LogP contribution in [0, 0.1) is 15.4 Å². The molecular formula is C33H37IN4O6. The number of aromatic nitrogens is 1. The van der Waals surface area contributed by atoms with E-state index in [0.717, 1.165) is 45.7 Å². The predicted molar refractivity (Wildman–Crippen MR) is 171 cm³/mol. The first-order valence-corrected chi connectivity index (χ1v) is 16.5. The van der Waals surface area contributed by atoms with Crippen LogP contribution in [-0.4, -0.2) is 74.3 Å². The zero-order valence-electron chi connectivity index (χ0n) is 24.6. The topological polar surface area (TPSA) is 124 Å². The number of aliphatic carboxylic acids is 1. The summed E-state index contributed by atoms with van der Waals surface area (Å²) in [6.45, 7) is 1.75. The van der Waals surface area contributed by atoms with Crippen molar-refractivity contribution < 1.29 is 29.1 Å². The molecule has 3 N–H and O–H groups in total. The summed E-state index contributed by atoms with van der Waals surface area (Å²) < 4.78 is 7.17. The van der Waals surface area contributed by atoms with Gasteiger partial charge in [0.2, 0.25) is 5.91 Å². The van der Waals surface area contributed by atoms with Crippen molar-refractivity contribution in [2.24, 2.45) is 11.8 Å². The van der Waals surface area contributed by atoms with Crippen molar-refractivity contribution >= 4 is 51.5 Å². The number of rotatable bonds is 8. The number of ether oxygens (including phenoxy) is 1. The van der Waals surface area contributed by atoms with E-state index in [0.29, 0.717) is 17.6 Å². The number of carboxylic acids is 1. The summed E-state index contributed by atoms with van der Waals surface area (Å²) in [7, 11) is 0. The van der Waals surface area contributed by atoms with Gasteiger partial charge in [-0.15, -0.1) is 5.06 Å². The quantitative estimate of drug-likeness (QED) is 0.278. The Morgan fingerprint density at radius 1 is 1.00 bits per heavy atom. The largest absolute Gasteiger partial charge is 0.488 e. The Balaban J connectivity index is 1.14. The molecule has 44 heavy (non-hydrogen) atoms. The minimum Gasteiger partial charge on any atom is -0.488 e. The summed E-state index contributed by atoms with van der Waals surface area (Å²) >= 11 is 2.21. The molecule has 5 fully saturated rings. The van der Waals surface area contributed by atoms with E-state index in [2.05, 4.69) is 32.9 Å². The van der Waals surface area contributed by atoms with Crippen LogP contribution >= 0.6 is 22.6 Å². The molecule has 2 amide bonds. The van der Waals surface area contributed by atoms with Crippen molar-refractivity contribution in [1.29, 1.82) is 0 Å². The highest BCUT2D eigenvalue weighted by Gasteiger charge is 2.51. The maximum Gasteiger partial charge on any atom is 0.427 e. The Kier molecular flexibility index (Phi) is 7.72. The fourth-order valence-corrected chi connectivity index (χ4v) is 8.54. The molecule has 4 bridgehead atoms. The summed E-state index contributed by atoms with van der Waals surface area (Å²) in [6.07, 6.45) is 6.32. The van der Waals surface area contributed by atoms with Gasteiger partial charge in [-0.25, -0.2) is 9.59 Å². The molecular weight excluding hydrogens is 675 g/mol. The average Bonchev–Trinajstić information content (AvgIpc) is 3.60. The standard InChI is InChI=1S/C33H37IN4O6/c1-33(16-21-17-35-28-5-3-2-4-27(21)28,36-32(42)44-38-23-11-19-10-20(13-23)14-24(38)12-19)31(41)37-18-26(15-29(37)30(39)40)43-25-8-6-22(34)7-9-25/h2-9,17,19-20,23-24,26,29,35H,10-16,18H2,1H3,(H,36,42)(H,39,40)/t19?,20?,23?,24?,26-,29-,33-/m1/s1. The van der Waals surface area contributed by atoms with E-state index in [1.807, 2.05) is 59.8 Å². The lowest BCUT2D eigenvalue weighted by molar-refractivity contribution is -0.228. The number of benzene rings is 2. The van der Waals surface area contributed by atoms with E-state index >= 15 is 0 Å². The van der Waals surface area contributed by atoms with Gasteiger partial charge in [-0.3, -0.25) is 4.79 Å². The Hall–Kier alpha value is -3.32. The normalized spacial score (nSPS) is 29.0. The van der Waals surface area contributed by atoms with E-state index in [4.69, 9.17) is 9.57 Å². The maximum absolute atomic E-state index is 14.5. The monoisotopic (exact) mass is 712 g/mol. The number of carboxylic acid groups (broad SMARTS) is 1. The van der Waals surface area contributed by atoms with Crippen LogP contribution in [0.25, 0.3) is 10.9 Å². The van der Waals surface area contributed by atoms with Crippen LogP contribution in [0.1, 0.15) is 51.0 Å². The van der Waals surface area contributed by atoms with Gasteiger partial charge in [-0.2, -0.15) is 0 Å². The number of amides is 2. The lowest BCUT2D eigenvalue weighted by Gasteiger charge is -2.54. The second-order valence-electron chi connectivity index (χ2n) is 13.2. The zero-order chi connectivity index (χ0) is 30.6. The van der Waals surface area contributed by atoms with E-state index < -0.39 is 35.7 Å². The fourth-order valence-electron chi connectivity index (χ4n) is 8.18. The molecule has 3 atom stereocenters. The molecule has 232 valence electrons. The Bertz CT molecular complexity index is 1550. The number of nitrogens with zero attached hydrogens (tertiary/aromatic N) is 2. The van der Waals surface area contributed by atoms with Crippen molar-refractivity contribution in [3.8, 4) is 5.75 Å². The van der Waals surface area contributed by atoms with Crippen LogP contribution in [0.3, 0.4) is 0 Å². The van der Waals surface area contributed by atoms with Gasteiger partial charge in [0, 0.05) is 45.6 Å². The van der Waals surface area contributed by atoms with Crippen molar-refractivity contribution in [3.63, 3.8) is 0 Å². The van der Waals surface area contributed by atoms with Gasteiger partial charge in [0.05, 0.1) is 6.54 Å². The molecule has 0 radical (unpaired) electrons. The summed E-state index contributed by atoms with van der Waals surface area (Å²) in [4.78, 5) is 51.1. The molecule has 11 heteroatoms. The molecule has 2 saturated carbocycles. The Morgan fingerprint density at radius 3 is 2.36 bits per heavy atom. The number of aromatic amines is 1. The lowest BCUT2D eigenvalue weighted by Crippen LogP contribution is -2.63. The van der Waals surface area contributed by atoms with E-state index in [1.54, 1.807) is 6.92 Å². The van der Waals surface area contributed by atoms with Gasteiger partial charge in [0.15, 0.2) is 0 Å². The molecule has 3 aliphatic heterocycles. The first-order chi connectivity index (χ1) is 21.1. The van der Waals surface area contributed by atoms with Crippen molar-refractivity contribution in [2.45, 2.75) is 81.6 Å². The predicted octanol–water partition coefficient (Wildman–Crippen LogP) is 5.11. The number of hydrogen-bond acceptors (Lipinski definition) is 6. The second-order valence-corrected chi connectivity index (χ2v) is 14.4. The van der Waals surface area contributed by atoms with Crippen molar-refractivity contribution in [2.75, 3.05) is 6.54 Å². The second kappa shape index (κ2) is 11.6. The highest BCUT2D eigenvalue weighted by molar-refractivity contribution is 14.1. The fraction of sp³-hybridized carbons (Fsp3) is 0.485. The number of H-pyrrole nitrogens is 1. The first kappa shape index (κ1) is 29.4. The van der Waals surface area contributed by atoms with Gasteiger partial charge in [-0.1, -0.05) is 18.2 Å². The summed E-state index contributed by atoms with van der Waals surface area (Å²) in [5.74, 6) is 0.422. The number of piperidine rings is 2. The Labute approximate surface area is 269 Å². The number of hydrogen-bond donors (Lipinski definition) is 3. The number of fused-ring (bicyclic) bond motifs is 1. The molecule has 5 aliphatic rings. The summed E-state index contributed by atoms with van der Waals surface area (Å²) in [6, 6.07) is 14.6. The van der Waals surface area contributed by atoms with Gasteiger partial charge in [0.25, 0.3) is 0 Å². The third kappa shape index (κ3) is 5.64. The minimum absolute atomic E-state index is 0.0844. The Morgan fingerprint density at radius 2 is 1.68 bits per heavy atom. The number of para-hydroxylation sites is 1. The maximum atomic E-state index is 14.5. The number of halogens is 1. The number of likely N-dealkylation sites (tertiary alicyclic amines) is 1. The number of carbonyl (C=O) groups is 3. The SMILES string of the molecule is C[C@](Cc1c[nH]c2ccccc12)(NC(=O)ON1C2CC3CC(C2)CC1C3)C(=O)N1C[C@H](Oc2ccc(I)cc2)C[C@@H]1C(=O)O. The third-order valence-electron chi connectivity index (χ3n) is 9.99. The van der Waals surface area contributed by atoms with Gasteiger partial charge in [0.1, 0.15) is 23.4 Å². The van der Waals surface area contributed by atoms with Gasteiger partial charge in [-0.05, 0) is 109 Å². The lowest BCUT2D eigenvalue weighted by atomic mass is 9.64. The summed E-state index contributed by atoms with van der Waals surface area (Å²) in [5, 5.41) is 15.9. The molecule has 0 unspecified atom stereocenters. The molecule has 2 aliphatic carbocycles. The average molecular weight is 713 g/mol. The molecule has 1 aromatic heterocycles. The zero-order valence-corrected chi connectivity index (χ0v) is 26.7. The van der Waals surface area contributed by atoms with Crippen LogP contribution in [0.4, 0.5) is 4.79 Å². The molecule has 4 heterocycles. The van der Waals surface area contributed by atoms with E-state index in [1.165, 1.54) is 11.3 Å². The first-order valence-electron chi connectivity index (χ1n) is 15.4. The smallest absolute Gasteiger partial charge is 0.427 e. The molecule has 3 saturated heterocycles. The molecule has 2 aromatic carbocycles.